The van der Waals surface area contributed by atoms with E-state index in [0.29, 0.717) is 6.04 Å². The van der Waals surface area contributed by atoms with Gasteiger partial charge in [0.2, 0.25) is 0 Å². The molecular formula is C14H18N4. The third-order valence-corrected chi connectivity index (χ3v) is 3.53. The maximum absolute atomic E-state index is 4.42. The molecule has 0 amide bonds. The third kappa shape index (κ3) is 2.59. The first-order valence-electron chi connectivity index (χ1n) is 6.59. The SMILES string of the molecule is c1cc(-c2cnc(CNC3CCCC3)[nH]2)ccn1. The molecule has 1 aliphatic carbocycles. The van der Waals surface area contributed by atoms with E-state index in [-0.39, 0.29) is 0 Å². The van der Waals surface area contributed by atoms with Crippen molar-refractivity contribution >= 4 is 0 Å². The molecule has 0 bridgehead atoms. The summed E-state index contributed by atoms with van der Waals surface area (Å²) in [7, 11) is 0. The molecule has 2 aromatic rings. The Morgan fingerprint density at radius 2 is 2.00 bits per heavy atom. The van der Waals surface area contributed by atoms with Crippen LogP contribution in [0.15, 0.2) is 30.7 Å². The molecule has 0 radical (unpaired) electrons. The second kappa shape index (κ2) is 5.31. The minimum Gasteiger partial charge on any atom is -0.341 e. The van der Waals surface area contributed by atoms with Gasteiger partial charge < -0.3 is 10.3 Å². The molecule has 1 saturated carbocycles. The van der Waals surface area contributed by atoms with E-state index in [9.17, 15) is 0 Å². The fourth-order valence-electron chi connectivity index (χ4n) is 2.50. The summed E-state index contributed by atoms with van der Waals surface area (Å²) in [6, 6.07) is 4.66. The van der Waals surface area contributed by atoms with Gasteiger partial charge in [-0.3, -0.25) is 4.98 Å². The van der Waals surface area contributed by atoms with Crippen molar-refractivity contribution in [2.45, 2.75) is 38.3 Å². The van der Waals surface area contributed by atoms with Crippen LogP contribution in [-0.4, -0.2) is 21.0 Å². The Morgan fingerprint density at radius 1 is 1.22 bits per heavy atom. The molecule has 1 fully saturated rings. The average Bonchev–Trinajstić information content (AvgIpc) is 3.09. The van der Waals surface area contributed by atoms with Crippen LogP contribution >= 0.6 is 0 Å². The summed E-state index contributed by atoms with van der Waals surface area (Å²) in [4.78, 5) is 11.8. The Kier molecular flexibility index (Phi) is 3.37. The zero-order chi connectivity index (χ0) is 12.2. The van der Waals surface area contributed by atoms with Gasteiger partial charge in [0.15, 0.2) is 0 Å². The Bertz CT molecular complexity index is 486. The van der Waals surface area contributed by atoms with Crippen LogP contribution in [0.2, 0.25) is 0 Å². The molecule has 18 heavy (non-hydrogen) atoms. The van der Waals surface area contributed by atoms with Gasteiger partial charge in [0.05, 0.1) is 18.4 Å². The second-order valence-corrected chi connectivity index (χ2v) is 4.84. The van der Waals surface area contributed by atoms with Crippen molar-refractivity contribution in [3.8, 4) is 11.3 Å². The lowest BCUT2D eigenvalue weighted by Crippen LogP contribution is -2.25. The number of pyridine rings is 1. The summed E-state index contributed by atoms with van der Waals surface area (Å²) in [5, 5.41) is 3.56. The number of nitrogens with zero attached hydrogens (tertiary/aromatic N) is 2. The summed E-state index contributed by atoms with van der Waals surface area (Å²) in [6.07, 6.45) is 10.8. The van der Waals surface area contributed by atoms with E-state index in [0.717, 1.165) is 23.6 Å². The molecule has 94 valence electrons. The van der Waals surface area contributed by atoms with E-state index in [2.05, 4.69) is 20.3 Å². The molecule has 0 unspecified atom stereocenters. The third-order valence-electron chi connectivity index (χ3n) is 3.53. The van der Waals surface area contributed by atoms with E-state index < -0.39 is 0 Å². The monoisotopic (exact) mass is 242 g/mol. The highest BCUT2D eigenvalue weighted by molar-refractivity contribution is 5.57. The van der Waals surface area contributed by atoms with Crippen LogP contribution in [-0.2, 0) is 6.54 Å². The molecule has 0 atom stereocenters. The van der Waals surface area contributed by atoms with Crippen LogP contribution < -0.4 is 5.32 Å². The summed E-state index contributed by atoms with van der Waals surface area (Å²) >= 11 is 0. The van der Waals surface area contributed by atoms with Gasteiger partial charge in [-0.05, 0) is 25.0 Å². The number of hydrogen-bond donors (Lipinski definition) is 2. The van der Waals surface area contributed by atoms with Crippen molar-refractivity contribution in [1.82, 2.24) is 20.3 Å². The Morgan fingerprint density at radius 3 is 2.78 bits per heavy atom. The largest absolute Gasteiger partial charge is 0.341 e. The lowest BCUT2D eigenvalue weighted by Gasteiger charge is -2.09. The molecular weight excluding hydrogens is 224 g/mol. The van der Waals surface area contributed by atoms with Crippen molar-refractivity contribution in [1.29, 1.82) is 0 Å². The van der Waals surface area contributed by atoms with Crippen molar-refractivity contribution < 1.29 is 0 Å². The Balaban J connectivity index is 1.63. The van der Waals surface area contributed by atoms with Crippen LogP contribution in [0.1, 0.15) is 31.5 Å². The second-order valence-electron chi connectivity index (χ2n) is 4.84. The van der Waals surface area contributed by atoms with Gasteiger partial charge in [0.1, 0.15) is 5.82 Å². The zero-order valence-electron chi connectivity index (χ0n) is 10.4. The Labute approximate surface area is 107 Å². The number of aromatic nitrogens is 3. The van der Waals surface area contributed by atoms with Gasteiger partial charge in [0, 0.05) is 24.0 Å². The standard InChI is InChI=1S/C14H18N4/c1-2-4-12(3-1)16-10-14-17-9-13(18-14)11-5-7-15-8-6-11/h5-9,12,16H,1-4,10H2,(H,17,18). The minimum atomic E-state index is 0.680. The van der Waals surface area contributed by atoms with E-state index >= 15 is 0 Å². The zero-order valence-corrected chi connectivity index (χ0v) is 10.4. The molecule has 4 nitrogen and oxygen atoms in total. The highest BCUT2D eigenvalue weighted by atomic mass is 15.0. The molecule has 1 aliphatic rings. The van der Waals surface area contributed by atoms with Gasteiger partial charge in [-0.1, -0.05) is 12.8 Å². The van der Waals surface area contributed by atoms with Crippen LogP contribution in [0.5, 0.6) is 0 Å². The summed E-state index contributed by atoms with van der Waals surface area (Å²) in [5.41, 5.74) is 2.19. The molecule has 2 N–H and O–H groups in total. The number of nitrogens with one attached hydrogen (secondary N) is 2. The first-order chi connectivity index (χ1) is 8.92. The number of H-pyrrole nitrogens is 1. The summed E-state index contributed by atoms with van der Waals surface area (Å²) in [5.74, 6) is 1.01. The lowest BCUT2D eigenvalue weighted by atomic mass is 10.2. The molecule has 0 aliphatic heterocycles. The summed E-state index contributed by atoms with van der Waals surface area (Å²) < 4.78 is 0. The van der Waals surface area contributed by atoms with Crippen molar-refractivity contribution in [2.24, 2.45) is 0 Å². The smallest absolute Gasteiger partial charge is 0.120 e. The number of rotatable bonds is 4. The van der Waals surface area contributed by atoms with Gasteiger partial charge in [-0.2, -0.15) is 0 Å². The van der Waals surface area contributed by atoms with Crippen molar-refractivity contribution in [3.63, 3.8) is 0 Å². The predicted octanol–water partition coefficient (Wildman–Crippen LogP) is 2.50. The highest BCUT2D eigenvalue weighted by Crippen LogP contribution is 2.18. The molecule has 2 aromatic heterocycles. The topological polar surface area (TPSA) is 53.6 Å². The van der Waals surface area contributed by atoms with Gasteiger partial charge in [0.25, 0.3) is 0 Å². The summed E-state index contributed by atoms with van der Waals surface area (Å²) in [6.45, 7) is 0.829. The predicted molar refractivity (Wildman–Crippen MR) is 70.9 cm³/mol. The normalized spacial score (nSPS) is 16.2. The Hall–Kier alpha value is -1.68. The highest BCUT2D eigenvalue weighted by Gasteiger charge is 2.14. The molecule has 0 saturated heterocycles. The van der Waals surface area contributed by atoms with Crippen molar-refractivity contribution in [3.05, 3.63) is 36.5 Å². The molecule has 2 heterocycles. The van der Waals surface area contributed by atoms with Crippen molar-refractivity contribution in [2.75, 3.05) is 0 Å². The average molecular weight is 242 g/mol. The lowest BCUT2D eigenvalue weighted by molar-refractivity contribution is 0.515. The first-order valence-corrected chi connectivity index (χ1v) is 6.59. The van der Waals surface area contributed by atoms with Gasteiger partial charge in [-0.15, -0.1) is 0 Å². The fourth-order valence-corrected chi connectivity index (χ4v) is 2.50. The van der Waals surface area contributed by atoms with Crippen LogP contribution in [0.25, 0.3) is 11.3 Å². The molecule has 4 heteroatoms. The van der Waals surface area contributed by atoms with Crippen LogP contribution in [0, 0.1) is 0 Å². The molecule has 3 rings (SSSR count). The van der Waals surface area contributed by atoms with E-state index in [1.807, 2.05) is 18.3 Å². The fraction of sp³-hybridized carbons (Fsp3) is 0.429. The van der Waals surface area contributed by atoms with Crippen LogP contribution in [0.4, 0.5) is 0 Å². The van der Waals surface area contributed by atoms with E-state index in [1.165, 1.54) is 25.7 Å². The van der Waals surface area contributed by atoms with E-state index in [4.69, 9.17) is 0 Å². The number of aromatic amines is 1. The quantitative estimate of drug-likeness (QED) is 0.866. The maximum Gasteiger partial charge on any atom is 0.120 e. The number of imidazole rings is 1. The van der Waals surface area contributed by atoms with Gasteiger partial charge >= 0.3 is 0 Å². The van der Waals surface area contributed by atoms with Gasteiger partial charge in [-0.25, -0.2) is 4.98 Å². The molecule has 0 aromatic carbocycles. The maximum atomic E-state index is 4.42. The number of hydrogen-bond acceptors (Lipinski definition) is 3. The van der Waals surface area contributed by atoms with E-state index in [1.54, 1.807) is 12.4 Å². The minimum absolute atomic E-state index is 0.680. The molecule has 0 spiro atoms. The first kappa shape index (κ1) is 11.4. The van der Waals surface area contributed by atoms with Crippen LogP contribution in [0.3, 0.4) is 0 Å².